The number of anilines is 2. The van der Waals surface area contributed by atoms with Crippen LogP contribution in [0.4, 0.5) is 11.4 Å². The summed E-state index contributed by atoms with van der Waals surface area (Å²) < 4.78 is 12.2. The third-order valence-corrected chi connectivity index (χ3v) is 10.6. The zero-order valence-electron chi connectivity index (χ0n) is 26.9. The standard InChI is InChI=1S/C38H40BrN3O6/c1-4-20-40(26-14-10-7-11-15-26)35(44)31-32-36(45)42(28(24-43)22-25-12-8-6-9-13-25)34(38(32)23-30(39)33(31)48-38)37(46)41(21-5-2)27-16-18-29(47-3)19-17-27/h4-19,28,30-34,43H,1-2,20-24H2,3H3/t28-,30?,31+,32+,33+,34?,38?/m1/s1. The van der Waals surface area contributed by atoms with Crippen LogP contribution in [-0.2, 0) is 25.5 Å². The molecule has 3 aromatic rings. The van der Waals surface area contributed by atoms with Gasteiger partial charge in [-0.05, 0) is 54.8 Å². The second-order valence-corrected chi connectivity index (χ2v) is 13.6. The van der Waals surface area contributed by atoms with Crippen molar-refractivity contribution in [3.05, 3.63) is 116 Å². The van der Waals surface area contributed by atoms with E-state index in [1.165, 1.54) is 4.90 Å². The Hall–Kier alpha value is -4.25. The number of carbonyl (C=O) groups is 3. The van der Waals surface area contributed by atoms with Crippen LogP contribution in [0.15, 0.2) is 110 Å². The molecule has 3 aromatic carbocycles. The van der Waals surface area contributed by atoms with Gasteiger partial charge < -0.3 is 29.3 Å². The summed E-state index contributed by atoms with van der Waals surface area (Å²) in [6.45, 7) is 7.78. The zero-order chi connectivity index (χ0) is 34.0. The largest absolute Gasteiger partial charge is 0.497 e. The molecule has 3 amide bonds. The van der Waals surface area contributed by atoms with Crippen molar-refractivity contribution in [2.75, 3.05) is 36.6 Å². The highest BCUT2D eigenvalue weighted by atomic mass is 79.9. The quantitative estimate of drug-likeness (QED) is 0.202. The Morgan fingerprint density at radius 3 is 2.15 bits per heavy atom. The minimum Gasteiger partial charge on any atom is -0.497 e. The summed E-state index contributed by atoms with van der Waals surface area (Å²) in [6, 6.07) is 24.0. The molecule has 0 aromatic heterocycles. The van der Waals surface area contributed by atoms with Gasteiger partial charge >= 0.3 is 0 Å². The van der Waals surface area contributed by atoms with Gasteiger partial charge in [-0.2, -0.15) is 0 Å². The maximum atomic E-state index is 15.1. The summed E-state index contributed by atoms with van der Waals surface area (Å²) in [6.07, 6.45) is 3.29. The summed E-state index contributed by atoms with van der Waals surface area (Å²) in [5, 5.41) is 10.9. The third kappa shape index (κ3) is 5.76. The Bertz CT molecular complexity index is 1650. The SMILES string of the molecule is C=CCN(C(=O)C1N([C@@H](CO)Cc2ccccc2)C(=O)[C@@H]2[C@H](C(=O)N(CC=C)c3ccccc3)[C@H]3OC12CC3Br)c1ccc(OC)cc1. The molecule has 3 aliphatic rings. The number of amides is 3. The summed E-state index contributed by atoms with van der Waals surface area (Å²) in [4.78, 5) is 49.0. The van der Waals surface area contributed by atoms with Gasteiger partial charge in [-0.15, -0.1) is 13.2 Å². The van der Waals surface area contributed by atoms with Gasteiger partial charge in [0.2, 0.25) is 11.8 Å². The van der Waals surface area contributed by atoms with Crippen LogP contribution >= 0.6 is 15.9 Å². The number of alkyl halides is 1. The molecule has 2 bridgehead atoms. The van der Waals surface area contributed by atoms with E-state index in [0.717, 1.165) is 5.56 Å². The van der Waals surface area contributed by atoms with E-state index in [4.69, 9.17) is 9.47 Å². The van der Waals surface area contributed by atoms with Crippen LogP contribution in [0.5, 0.6) is 5.75 Å². The third-order valence-electron chi connectivity index (χ3n) is 9.77. The summed E-state index contributed by atoms with van der Waals surface area (Å²) in [5.41, 5.74) is 0.850. The van der Waals surface area contributed by atoms with Crippen molar-refractivity contribution in [2.45, 2.75) is 41.5 Å². The number of aliphatic hydroxyl groups excluding tert-OH is 1. The number of hydrogen-bond acceptors (Lipinski definition) is 6. The normalized spacial score (nSPS) is 26.1. The monoisotopic (exact) mass is 713 g/mol. The van der Waals surface area contributed by atoms with E-state index in [0.29, 0.717) is 30.0 Å². The molecule has 3 aliphatic heterocycles. The lowest BCUT2D eigenvalue weighted by atomic mass is 9.70. The minimum absolute atomic E-state index is 0.164. The molecule has 0 aliphatic carbocycles. The Kier molecular flexibility index (Phi) is 9.87. The van der Waals surface area contributed by atoms with Crippen LogP contribution in [0.1, 0.15) is 12.0 Å². The molecular formula is C38H40BrN3O6. The lowest BCUT2D eigenvalue weighted by Gasteiger charge is -2.39. The highest BCUT2D eigenvalue weighted by Gasteiger charge is 2.77. The molecule has 6 rings (SSSR count). The first-order valence-corrected chi connectivity index (χ1v) is 17.0. The molecule has 250 valence electrons. The topological polar surface area (TPSA) is 99.6 Å². The second-order valence-electron chi connectivity index (χ2n) is 12.4. The number of halogens is 1. The number of methoxy groups -OCH3 is 1. The number of hydrogen-bond donors (Lipinski definition) is 1. The van der Waals surface area contributed by atoms with E-state index in [9.17, 15) is 14.7 Å². The zero-order valence-corrected chi connectivity index (χ0v) is 28.4. The first-order chi connectivity index (χ1) is 23.3. The number of likely N-dealkylation sites (tertiary alicyclic amines) is 1. The van der Waals surface area contributed by atoms with Gasteiger partial charge in [0.25, 0.3) is 5.91 Å². The summed E-state index contributed by atoms with van der Waals surface area (Å²) in [7, 11) is 1.57. The lowest BCUT2D eigenvalue weighted by Crippen LogP contribution is -2.59. The van der Waals surface area contributed by atoms with Crippen LogP contribution in [0.3, 0.4) is 0 Å². The fraction of sp³-hybridized carbons (Fsp3) is 0.342. The molecule has 3 fully saturated rings. The number of aliphatic hydroxyl groups is 1. The van der Waals surface area contributed by atoms with Crippen LogP contribution in [0, 0.1) is 11.8 Å². The molecule has 3 unspecified atom stereocenters. The van der Waals surface area contributed by atoms with E-state index >= 15 is 4.79 Å². The Balaban J connectivity index is 1.47. The highest BCUT2D eigenvalue weighted by Crippen LogP contribution is 2.61. The lowest BCUT2D eigenvalue weighted by molar-refractivity contribution is -0.144. The average Bonchev–Trinajstić information content (AvgIpc) is 3.72. The maximum Gasteiger partial charge on any atom is 0.253 e. The van der Waals surface area contributed by atoms with Gasteiger partial charge in [-0.1, -0.05) is 76.6 Å². The minimum atomic E-state index is -1.32. The Morgan fingerprint density at radius 2 is 1.56 bits per heavy atom. The summed E-state index contributed by atoms with van der Waals surface area (Å²) in [5.74, 6) is -2.20. The van der Waals surface area contributed by atoms with E-state index in [-0.39, 0.29) is 42.2 Å². The fourth-order valence-electron chi connectivity index (χ4n) is 7.76. The van der Waals surface area contributed by atoms with E-state index in [1.54, 1.807) is 53.3 Å². The van der Waals surface area contributed by atoms with Crippen molar-refractivity contribution in [2.24, 2.45) is 11.8 Å². The molecule has 48 heavy (non-hydrogen) atoms. The number of nitrogens with zero attached hydrogens (tertiary/aromatic N) is 3. The van der Waals surface area contributed by atoms with Crippen LogP contribution in [0.25, 0.3) is 0 Å². The number of rotatable bonds is 13. The van der Waals surface area contributed by atoms with Crippen molar-refractivity contribution in [1.29, 1.82) is 0 Å². The van der Waals surface area contributed by atoms with Crippen molar-refractivity contribution in [3.63, 3.8) is 0 Å². The van der Waals surface area contributed by atoms with E-state index in [1.807, 2.05) is 60.7 Å². The van der Waals surface area contributed by atoms with Crippen molar-refractivity contribution < 1.29 is 29.0 Å². The van der Waals surface area contributed by atoms with Crippen LogP contribution < -0.4 is 14.5 Å². The molecule has 3 heterocycles. The summed E-state index contributed by atoms with van der Waals surface area (Å²) >= 11 is 3.78. The van der Waals surface area contributed by atoms with Crippen LogP contribution in [0.2, 0.25) is 0 Å². The Labute approximate surface area is 289 Å². The molecule has 1 N–H and O–H groups in total. The van der Waals surface area contributed by atoms with Gasteiger partial charge in [-0.3, -0.25) is 14.4 Å². The van der Waals surface area contributed by atoms with Crippen molar-refractivity contribution in [3.8, 4) is 5.75 Å². The molecule has 10 heteroatoms. The number of ether oxygens (including phenoxy) is 2. The molecule has 1 spiro atoms. The van der Waals surface area contributed by atoms with Gasteiger partial charge in [0.15, 0.2) is 0 Å². The smallest absolute Gasteiger partial charge is 0.253 e. The van der Waals surface area contributed by atoms with Gasteiger partial charge in [0.1, 0.15) is 17.4 Å². The van der Waals surface area contributed by atoms with Gasteiger partial charge in [-0.25, -0.2) is 0 Å². The predicted octanol–water partition coefficient (Wildman–Crippen LogP) is 4.79. The molecule has 9 nitrogen and oxygen atoms in total. The number of fused-ring (bicyclic) bond motifs is 1. The van der Waals surface area contributed by atoms with Crippen molar-refractivity contribution in [1.82, 2.24) is 4.90 Å². The maximum absolute atomic E-state index is 15.1. The molecular weight excluding hydrogens is 674 g/mol. The van der Waals surface area contributed by atoms with E-state index < -0.39 is 35.6 Å². The van der Waals surface area contributed by atoms with E-state index in [2.05, 4.69) is 29.1 Å². The molecule has 7 atom stereocenters. The first-order valence-electron chi connectivity index (χ1n) is 16.1. The Morgan fingerprint density at radius 1 is 0.979 bits per heavy atom. The molecule has 0 saturated carbocycles. The molecule has 0 radical (unpaired) electrons. The number of para-hydroxylation sites is 1. The van der Waals surface area contributed by atoms with Gasteiger partial charge in [0.05, 0.1) is 37.7 Å². The first kappa shape index (κ1) is 33.6. The molecule has 3 saturated heterocycles. The highest BCUT2D eigenvalue weighted by molar-refractivity contribution is 9.09. The van der Waals surface area contributed by atoms with Gasteiger partial charge in [0, 0.05) is 29.3 Å². The predicted molar refractivity (Wildman–Crippen MR) is 188 cm³/mol. The average molecular weight is 715 g/mol. The van der Waals surface area contributed by atoms with Crippen molar-refractivity contribution >= 4 is 45.0 Å². The second kappa shape index (κ2) is 14.1. The number of benzene rings is 3. The number of carbonyl (C=O) groups excluding carboxylic acids is 3. The fourth-order valence-corrected chi connectivity index (χ4v) is 8.70. The van der Waals surface area contributed by atoms with Crippen LogP contribution in [-0.4, -0.2) is 83.2 Å².